The molecule has 4 unspecified atom stereocenters. The van der Waals surface area contributed by atoms with E-state index in [4.69, 9.17) is 0 Å². The molecule has 30 heavy (non-hydrogen) atoms. The molecular formula is C19H28F3IN4O3. The molecule has 0 aromatic rings. The lowest BCUT2D eigenvalue weighted by Gasteiger charge is -2.18. The van der Waals surface area contributed by atoms with Gasteiger partial charge in [-0.05, 0) is 31.6 Å². The van der Waals surface area contributed by atoms with Crippen molar-refractivity contribution in [2.75, 3.05) is 39.4 Å². The maximum atomic E-state index is 12.6. The van der Waals surface area contributed by atoms with Gasteiger partial charge in [-0.3, -0.25) is 19.5 Å². The summed E-state index contributed by atoms with van der Waals surface area (Å²) in [6.45, 7) is 2.13. The average molecular weight is 544 g/mol. The predicted molar refractivity (Wildman–Crippen MR) is 115 cm³/mol. The highest BCUT2D eigenvalue weighted by molar-refractivity contribution is 14.0. The second-order valence-electron chi connectivity index (χ2n) is 7.54. The van der Waals surface area contributed by atoms with Crippen molar-refractivity contribution in [3.63, 3.8) is 0 Å². The third kappa shape index (κ3) is 5.86. The number of aliphatic imine (C=N–C) groups is 1. The van der Waals surface area contributed by atoms with Gasteiger partial charge in [-0.25, -0.2) is 0 Å². The van der Waals surface area contributed by atoms with Crippen LogP contribution in [0.25, 0.3) is 0 Å². The van der Waals surface area contributed by atoms with E-state index in [-0.39, 0.29) is 72.6 Å². The number of nitrogens with zero attached hydrogens (tertiary/aromatic N) is 2. The van der Waals surface area contributed by atoms with Gasteiger partial charge >= 0.3 is 6.18 Å². The van der Waals surface area contributed by atoms with Crippen LogP contribution in [-0.2, 0) is 14.3 Å². The second kappa shape index (κ2) is 10.8. The minimum atomic E-state index is -4.32. The van der Waals surface area contributed by atoms with Crippen molar-refractivity contribution < 1.29 is 27.5 Å². The first-order valence-corrected chi connectivity index (χ1v) is 10.0. The molecule has 1 saturated carbocycles. The van der Waals surface area contributed by atoms with Crippen LogP contribution < -0.4 is 10.6 Å². The lowest BCUT2D eigenvalue weighted by atomic mass is 9.85. The summed E-state index contributed by atoms with van der Waals surface area (Å²) >= 11 is 0. The number of ether oxygens (including phenoxy) is 1. The molecule has 2 fully saturated rings. The maximum Gasteiger partial charge on any atom is 0.411 e. The number of hydrogen-bond donors (Lipinski definition) is 2. The number of alkyl halides is 3. The summed E-state index contributed by atoms with van der Waals surface area (Å²) in [5.41, 5.74) is 0. The predicted octanol–water partition coefficient (Wildman–Crippen LogP) is 1.94. The molecule has 2 aliphatic carbocycles. The zero-order chi connectivity index (χ0) is 21.0. The molecule has 1 heterocycles. The lowest BCUT2D eigenvalue weighted by molar-refractivity contribution is -0.173. The van der Waals surface area contributed by atoms with Gasteiger partial charge in [0, 0.05) is 32.8 Å². The summed E-state index contributed by atoms with van der Waals surface area (Å²) in [4.78, 5) is 30.9. The van der Waals surface area contributed by atoms with Crippen LogP contribution in [0.4, 0.5) is 13.2 Å². The van der Waals surface area contributed by atoms with E-state index >= 15 is 0 Å². The van der Waals surface area contributed by atoms with E-state index in [0.29, 0.717) is 32.0 Å². The molecule has 0 radical (unpaired) electrons. The van der Waals surface area contributed by atoms with E-state index in [1.807, 2.05) is 6.92 Å². The average Bonchev–Trinajstić information content (AvgIpc) is 3.33. The van der Waals surface area contributed by atoms with Gasteiger partial charge in [-0.2, -0.15) is 13.2 Å². The van der Waals surface area contributed by atoms with Gasteiger partial charge < -0.3 is 15.4 Å². The number of imide groups is 1. The number of likely N-dealkylation sites (tertiary alicyclic amines) is 1. The van der Waals surface area contributed by atoms with Gasteiger partial charge in [0.25, 0.3) is 0 Å². The van der Waals surface area contributed by atoms with E-state index in [2.05, 4.69) is 32.5 Å². The zero-order valence-electron chi connectivity index (χ0n) is 16.8. The largest absolute Gasteiger partial charge is 0.411 e. The number of rotatable bonds is 9. The van der Waals surface area contributed by atoms with Gasteiger partial charge in [0.15, 0.2) is 5.96 Å². The van der Waals surface area contributed by atoms with Crippen molar-refractivity contribution >= 4 is 41.8 Å². The third-order valence-corrected chi connectivity index (χ3v) is 5.52. The molecule has 0 spiro atoms. The van der Waals surface area contributed by atoms with E-state index in [1.54, 1.807) is 0 Å². The highest BCUT2D eigenvalue weighted by Gasteiger charge is 2.58. The number of guanidine groups is 1. The number of carbonyl (C=O) groups excluding carboxylic acids is 2. The van der Waals surface area contributed by atoms with Crippen LogP contribution in [0.15, 0.2) is 17.1 Å². The molecule has 1 saturated heterocycles. The van der Waals surface area contributed by atoms with E-state index in [1.165, 1.54) is 4.90 Å². The van der Waals surface area contributed by atoms with Crippen molar-refractivity contribution in [3.05, 3.63) is 12.2 Å². The fourth-order valence-corrected chi connectivity index (χ4v) is 4.36. The Morgan fingerprint density at radius 2 is 1.83 bits per heavy atom. The van der Waals surface area contributed by atoms with Crippen LogP contribution in [0, 0.1) is 23.7 Å². The molecule has 170 valence electrons. The van der Waals surface area contributed by atoms with Crippen molar-refractivity contribution in [3.8, 4) is 0 Å². The number of halogens is 4. The van der Waals surface area contributed by atoms with Crippen molar-refractivity contribution in [2.24, 2.45) is 28.7 Å². The number of amides is 2. The Morgan fingerprint density at radius 1 is 1.20 bits per heavy atom. The van der Waals surface area contributed by atoms with Gasteiger partial charge in [0.2, 0.25) is 11.8 Å². The topological polar surface area (TPSA) is 83.0 Å². The Bertz CT molecular complexity index is 656. The first kappa shape index (κ1) is 24.9. The maximum absolute atomic E-state index is 12.6. The van der Waals surface area contributed by atoms with Crippen LogP contribution in [0.2, 0.25) is 0 Å². The van der Waals surface area contributed by atoms with Gasteiger partial charge in [0.1, 0.15) is 6.61 Å². The van der Waals surface area contributed by atoms with E-state index in [0.717, 1.165) is 6.42 Å². The number of hydrogen-bond acceptors (Lipinski definition) is 4. The Morgan fingerprint density at radius 3 is 2.40 bits per heavy atom. The summed E-state index contributed by atoms with van der Waals surface area (Å²) < 4.78 is 40.6. The fourth-order valence-electron chi connectivity index (χ4n) is 4.36. The normalized spacial score (nSPS) is 27.5. The monoisotopic (exact) mass is 544 g/mol. The molecule has 0 aromatic carbocycles. The summed E-state index contributed by atoms with van der Waals surface area (Å²) in [5.74, 6) is 0.317. The summed E-state index contributed by atoms with van der Waals surface area (Å²) in [6.07, 6.45) is 1.07. The molecule has 11 heteroatoms. The van der Waals surface area contributed by atoms with Gasteiger partial charge in [-0.15, -0.1) is 24.0 Å². The van der Waals surface area contributed by atoms with Gasteiger partial charge in [0.05, 0.1) is 11.8 Å². The van der Waals surface area contributed by atoms with Crippen LogP contribution in [-0.4, -0.2) is 68.2 Å². The Labute approximate surface area is 190 Å². The van der Waals surface area contributed by atoms with Crippen LogP contribution in [0.3, 0.4) is 0 Å². The summed E-state index contributed by atoms with van der Waals surface area (Å²) in [6, 6.07) is 0. The number of carbonyl (C=O) groups is 2. The number of nitrogens with one attached hydrogen (secondary N) is 2. The highest BCUT2D eigenvalue weighted by Crippen LogP contribution is 2.52. The van der Waals surface area contributed by atoms with E-state index < -0.39 is 12.8 Å². The van der Waals surface area contributed by atoms with E-state index in [9.17, 15) is 22.8 Å². The molecule has 2 N–H and O–H groups in total. The van der Waals surface area contributed by atoms with Gasteiger partial charge in [-0.1, -0.05) is 12.2 Å². The second-order valence-corrected chi connectivity index (χ2v) is 7.54. The van der Waals surface area contributed by atoms with Crippen molar-refractivity contribution in [1.82, 2.24) is 15.5 Å². The van der Waals surface area contributed by atoms with Crippen molar-refractivity contribution in [1.29, 1.82) is 0 Å². The fraction of sp³-hybridized carbons (Fsp3) is 0.737. The molecule has 2 bridgehead atoms. The third-order valence-electron chi connectivity index (χ3n) is 5.52. The molecule has 7 nitrogen and oxygen atoms in total. The number of allylic oxidation sites excluding steroid dienone is 2. The molecule has 0 aromatic heterocycles. The first-order chi connectivity index (χ1) is 13.8. The Kier molecular flexibility index (Phi) is 8.95. The summed E-state index contributed by atoms with van der Waals surface area (Å²) in [7, 11) is 0. The summed E-state index contributed by atoms with van der Waals surface area (Å²) in [5, 5.41) is 6.09. The smallest absolute Gasteiger partial charge is 0.372 e. The first-order valence-electron chi connectivity index (χ1n) is 10.0. The van der Waals surface area contributed by atoms with Crippen molar-refractivity contribution in [2.45, 2.75) is 25.9 Å². The Hall–Kier alpha value is -1.37. The molecule has 3 rings (SSSR count). The van der Waals surface area contributed by atoms with Crippen LogP contribution in [0.5, 0.6) is 0 Å². The molecule has 1 aliphatic heterocycles. The van der Waals surface area contributed by atoms with Crippen LogP contribution >= 0.6 is 24.0 Å². The molecule has 3 aliphatic rings. The minimum absolute atomic E-state index is 0. The molecule has 2 amide bonds. The molecule has 4 atom stereocenters. The quantitative estimate of drug-likeness (QED) is 0.116. The lowest BCUT2D eigenvalue weighted by Crippen LogP contribution is -2.43. The zero-order valence-corrected chi connectivity index (χ0v) is 19.1. The SMILES string of the molecule is CCNC(=NCCCOCC(F)(F)F)NCCN1C(=O)C2C3C=CC(C3)C2C1=O.I. The highest BCUT2D eigenvalue weighted by atomic mass is 127. The number of fused-ring (bicyclic) bond motifs is 5. The minimum Gasteiger partial charge on any atom is -0.372 e. The molecular weight excluding hydrogens is 516 g/mol. The van der Waals surface area contributed by atoms with Crippen LogP contribution in [0.1, 0.15) is 19.8 Å². The standard InChI is InChI=1S/C19H27F3N4O3.HI/c1-2-23-18(24-6-3-9-29-11-19(20,21)22)25-7-8-26-16(27)14-12-4-5-13(10-12)15(14)17(26)28;/h4-5,12-15H,2-3,6-11H2,1H3,(H2,23,24,25);1H. The Balaban J connectivity index is 0.00000320.